The molecule has 1 atom stereocenters. The summed E-state index contributed by atoms with van der Waals surface area (Å²) in [6, 6.07) is 16.6. The van der Waals surface area contributed by atoms with Gasteiger partial charge < -0.3 is 0 Å². The van der Waals surface area contributed by atoms with Crippen LogP contribution in [-0.2, 0) is 24.8 Å². The molecule has 190 valence electrons. The van der Waals surface area contributed by atoms with E-state index in [1.165, 1.54) is 55.5 Å². The predicted octanol–water partition coefficient (Wildman–Crippen LogP) is 2.69. The van der Waals surface area contributed by atoms with Crippen molar-refractivity contribution >= 4 is 53.5 Å². The Morgan fingerprint density at radius 3 is 1.86 bits per heavy atom. The Morgan fingerprint density at radius 2 is 1.28 bits per heavy atom. The van der Waals surface area contributed by atoms with Crippen LogP contribution >= 0.6 is 15.9 Å². The summed E-state index contributed by atoms with van der Waals surface area (Å²) in [6.45, 7) is 3.15. The molecule has 0 spiro atoms. The van der Waals surface area contributed by atoms with Crippen molar-refractivity contribution in [2.24, 2.45) is 0 Å². The van der Waals surface area contributed by atoms with E-state index in [2.05, 4.69) is 36.2 Å². The van der Waals surface area contributed by atoms with Crippen LogP contribution in [0.3, 0.4) is 0 Å². The number of benzene rings is 3. The SMILES string of the molecule is Cc1ccc(S(=O)(=O)N[C@@H](C)C(=O)NNC(=O)c2ccc(NS(=O)(=O)c3ccc(Br)cc3)cc2)cc1. The Balaban J connectivity index is 1.55. The molecular weight excluding hydrogens is 572 g/mol. The van der Waals surface area contributed by atoms with Crippen molar-refractivity contribution in [1.82, 2.24) is 15.6 Å². The average molecular weight is 595 g/mol. The highest BCUT2D eigenvalue weighted by Crippen LogP contribution is 2.19. The molecule has 0 aliphatic carbocycles. The summed E-state index contributed by atoms with van der Waals surface area (Å²) in [6.07, 6.45) is 0. The van der Waals surface area contributed by atoms with Gasteiger partial charge >= 0.3 is 0 Å². The lowest BCUT2D eigenvalue weighted by molar-refractivity contribution is -0.123. The smallest absolute Gasteiger partial charge is 0.269 e. The van der Waals surface area contributed by atoms with Crippen LogP contribution in [0.1, 0.15) is 22.8 Å². The molecule has 4 N–H and O–H groups in total. The summed E-state index contributed by atoms with van der Waals surface area (Å²) in [7, 11) is -7.75. The van der Waals surface area contributed by atoms with Crippen molar-refractivity contribution in [1.29, 1.82) is 0 Å². The van der Waals surface area contributed by atoms with Gasteiger partial charge in [-0.05, 0) is 74.5 Å². The molecule has 0 saturated carbocycles. The van der Waals surface area contributed by atoms with Gasteiger partial charge in [-0.15, -0.1) is 0 Å². The third-order valence-electron chi connectivity index (χ3n) is 4.88. The molecule has 36 heavy (non-hydrogen) atoms. The van der Waals surface area contributed by atoms with E-state index in [-0.39, 0.29) is 21.0 Å². The van der Waals surface area contributed by atoms with E-state index >= 15 is 0 Å². The molecule has 0 saturated heterocycles. The highest BCUT2D eigenvalue weighted by Gasteiger charge is 2.22. The number of hydrazine groups is 1. The van der Waals surface area contributed by atoms with Gasteiger partial charge in [-0.1, -0.05) is 33.6 Å². The number of anilines is 1. The maximum absolute atomic E-state index is 12.5. The summed E-state index contributed by atoms with van der Waals surface area (Å²) >= 11 is 3.24. The summed E-state index contributed by atoms with van der Waals surface area (Å²) in [5.74, 6) is -1.46. The zero-order valence-corrected chi connectivity index (χ0v) is 22.4. The Hall–Kier alpha value is -3.26. The van der Waals surface area contributed by atoms with Gasteiger partial charge in [0.25, 0.3) is 21.8 Å². The van der Waals surface area contributed by atoms with Gasteiger partial charge in [0.05, 0.1) is 15.8 Å². The fraction of sp³-hybridized carbons (Fsp3) is 0.130. The first-order chi connectivity index (χ1) is 16.9. The molecule has 2 amide bonds. The van der Waals surface area contributed by atoms with Crippen molar-refractivity contribution in [2.45, 2.75) is 29.7 Å². The number of sulfonamides is 2. The minimum Gasteiger partial charge on any atom is -0.280 e. The van der Waals surface area contributed by atoms with Gasteiger partial charge in [-0.3, -0.25) is 25.2 Å². The fourth-order valence-corrected chi connectivity index (χ4v) is 5.41. The summed E-state index contributed by atoms with van der Waals surface area (Å²) < 4.78 is 55.2. The van der Waals surface area contributed by atoms with E-state index in [1.54, 1.807) is 24.3 Å². The molecule has 0 aliphatic heterocycles. The van der Waals surface area contributed by atoms with Gasteiger partial charge in [0.2, 0.25) is 10.0 Å². The van der Waals surface area contributed by atoms with Crippen LogP contribution in [0.4, 0.5) is 5.69 Å². The molecule has 3 aromatic rings. The van der Waals surface area contributed by atoms with Gasteiger partial charge in [-0.2, -0.15) is 4.72 Å². The molecule has 0 unspecified atom stereocenters. The first kappa shape index (κ1) is 27.3. The number of carbonyl (C=O) groups excluding carboxylic acids is 2. The van der Waals surface area contributed by atoms with Crippen LogP contribution < -0.4 is 20.3 Å². The lowest BCUT2D eigenvalue weighted by atomic mass is 10.2. The van der Waals surface area contributed by atoms with E-state index in [4.69, 9.17) is 0 Å². The summed E-state index contributed by atoms with van der Waals surface area (Å²) in [5, 5.41) is 0. The van der Waals surface area contributed by atoms with E-state index in [0.29, 0.717) is 0 Å². The second-order valence-electron chi connectivity index (χ2n) is 7.74. The van der Waals surface area contributed by atoms with Gasteiger partial charge in [0.15, 0.2) is 0 Å². The molecule has 0 aliphatic rings. The molecule has 0 bridgehead atoms. The summed E-state index contributed by atoms with van der Waals surface area (Å²) in [4.78, 5) is 24.7. The lowest BCUT2D eigenvalue weighted by Crippen LogP contribution is -2.51. The predicted molar refractivity (Wildman–Crippen MR) is 138 cm³/mol. The third-order valence-corrected chi connectivity index (χ3v) is 8.36. The number of rotatable bonds is 8. The standard InChI is InChI=1S/C23H23BrN4O6S2/c1-15-3-11-20(12-4-15)35(31,32)27-16(2)22(29)25-26-23(30)17-5-9-19(10-6-17)28-36(33,34)21-13-7-18(24)8-14-21/h3-14,16,27-28H,1-2H3,(H,25,29)(H,26,30)/t16-/m0/s1. The molecule has 10 nitrogen and oxygen atoms in total. The van der Waals surface area contributed by atoms with Crippen LogP contribution in [0, 0.1) is 6.92 Å². The Bertz CT molecular complexity index is 1460. The third kappa shape index (κ3) is 7.13. The Morgan fingerprint density at radius 1 is 0.750 bits per heavy atom. The molecular formula is C23H23BrN4O6S2. The number of hydrogen-bond donors (Lipinski definition) is 4. The summed E-state index contributed by atoms with van der Waals surface area (Å²) in [5.41, 5.74) is 5.61. The van der Waals surface area contributed by atoms with Crippen molar-refractivity contribution in [3.8, 4) is 0 Å². The fourth-order valence-electron chi connectivity index (χ4n) is 2.89. The van der Waals surface area contributed by atoms with Crippen LogP contribution in [0.15, 0.2) is 87.1 Å². The molecule has 0 radical (unpaired) electrons. The number of halogens is 1. The molecule has 0 heterocycles. The minimum absolute atomic E-state index is 0.00707. The largest absolute Gasteiger partial charge is 0.280 e. The van der Waals surface area contributed by atoms with Gasteiger partial charge in [-0.25, -0.2) is 16.8 Å². The quantitative estimate of drug-likeness (QED) is 0.294. The maximum Gasteiger partial charge on any atom is 0.269 e. The first-order valence-electron chi connectivity index (χ1n) is 10.4. The highest BCUT2D eigenvalue weighted by molar-refractivity contribution is 9.10. The minimum atomic E-state index is -3.94. The maximum atomic E-state index is 12.5. The van der Waals surface area contributed by atoms with Crippen LogP contribution in [0.5, 0.6) is 0 Å². The lowest BCUT2D eigenvalue weighted by Gasteiger charge is -2.15. The zero-order chi connectivity index (χ0) is 26.5. The monoisotopic (exact) mass is 594 g/mol. The second-order valence-corrected chi connectivity index (χ2v) is 12.0. The van der Waals surface area contributed by atoms with E-state index in [9.17, 15) is 26.4 Å². The van der Waals surface area contributed by atoms with E-state index in [0.717, 1.165) is 10.0 Å². The average Bonchev–Trinajstić information content (AvgIpc) is 2.82. The molecule has 3 rings (SSSR count). The van der Waals surface area contributed by atoms with Gasteiger partial charge in [0.1, 0.15) is 0 Å². The van der Waals surface area contributed by atoms with Crippen molar-refractivity contribution < 1.29 is 26.4 Å². The van der Waals surface area contributed by atoms with Gasteiger partial charge in [0, 0.05) is 15.7 Å². The number of nitrogens with one attached hydrogen (secondary N) is 4. The van der Waals surface area contributed by atoms with E-state index < -0.39 is 37.9 Å². The topological polar surface area (TPSA) is 151 Å². The molecule has 0 fully saturated rings. The van der Waals surface area contributed by atoms with E-state index in [1.807, 2.05) is 6.92 Å². The number of aryl methyl sites for hydroxylation is 1. The molecule has 13 heteroatoms. The molecule has 3 aromatic carbocycles. The number of amides is 2. The zero-order valence-electron chi connectivity index (χ0n) is 19.1. The van der Waals surface area contributed by atoms with Crippen LogP contribution in [0.2, 0.25) is 0 Å². The van der Waals surface area contributed by atoms with Crippen LogP contribution in [-0.4, -0.2) is 34.7 Å². The molecule has 0 aromatic heterocycles. The first-order valence-corrected chi connectivity index (χ1v) is 14.2. The Kier molecular flexibility index (Phi) is 8.51. The second kappa shape index (κ2) is 11.2. The van der Waals surface area contributed by atoms with Crippen molar-refractivity contribution in [3.05, 3.63) is 88.4 Å². The normalized spacial score (nSPS) is 12.4. The van der Waals surface area contributed by atoms with Crippen LogP contribution in [0.25, 0.3) is 0 Å². The van der Waals surface area contributed by atoms with Crippen molar-refractivity contribution in [3.63, 3.8) is 0 Å². The number of hydrogen-bond acceptors (Lipinski definition) is 6. The highest BCUT2D eigenvalue weighted by atomic mass is 79.9. The van der Waals surface area contributed by atoms with Crippen molar-refractivity contribution in [2.75, 3.05) is 4.72 Å². The number of carbonyl (C=O) groups is 2. The Labute approximate surface area is 217 Å².